The number of carbonyl (C=O) groups is 4. The molecule has 1 N–H and O–H groups in total. The van der Waals surface area contributed by atoms with Gasteiger partial charge in [0.05, 0.1) is 29.8 Å². The molecule has 0 radical (unpaired) electrons. The van der Waals surface area contributed by atoms with Crippen LogP contribution in [0.15, 0.2) is 11.7 Å². The fraction of sp³-hybridized carbons (Fsp3) is 0.794. The summed E-state index contributed by atoms with van der Waals surface area (Å²) >= 11 is 1.24. The molecule has 5 fully saturated rings. The summed E-state index contributed by atoms with van der Waals surface area (Å²) in [5, 5.41) is 3.03. The first kappa shape index (κ1) is 35.1. The number of halogens is 2. The molecule has 14 heteroatoms. The Hall–Kier alpha value is -2.71. The van der Waals surface area contributed by atoms with Gasteiger partial charge < -0.3 is 29.5 Å². The molecule has 6 rings (SSSR count). The predicted molar refractivity (Wildman–Crippen MR) is 173 cm³/mol. The van der Waals surface area contributed by atoms with E-state index >= 15 is 0 Å². The van der Waals surface area contributed by atoms with Crippen LogP contribution in [0.1, 0.15) is 75.4 Å². The van der Waals surface area contributed by atoms with E-state index in [9.17, 15) is 28.0 Å². The van der Waals surface area contributed by atoms with E-state index < -0.39 is 29.4 Å². The van der Waals surface area contributed by atoms with Gasteiger partial charge in [-0.25, -0.2) is 8.78 Å². The molecule has 11 nitrogen and oxygen atoms in total. The van der Waals surface area contributed by atoms with Gasteiger partial charge in [-0.15, -0.1) is 11.3 Å². The molecular formula is C34H49F2N5O6S. The van der Waals surface area contributed by atoms with Gasteiger partial charge in [0.1, 0.15) is 10.9 Å². The third-order valence-corrected chi connectivity index (χ3v) is 12.3. The lowest BCUT2D eigenvalue weighted by atomic mass is 9.70. The molecule has 2 saturated carbocycles. The van der Waals surface area contributed by atoms with Gasteiger partial charge in [0.25, 0.3) is 5.91 Å². The lowest BCUT2D eigenvalue weighted by Crippen LogP contribution is -2.65. The second-order valence-electron chi connectivity index (χ2n) is 15.5. The minimum Gasteiger partial charge on any atom is -0.381 e. The van der Waals surface area contributed by atoms with Gasteiger partial charge >= 0.3 is 0 Å². The number of rotatable bonds is 10. The van der Waals surface area contributed by atoms with Gasteiger partial charge in [-0.3, -0.25) is 24.2 Å². The van der Waals surface area contributed by atoms with Crippen LogP contribution in [-0.4, -0.2) is 120 Å². The van der Waals surface area contributed by atoms with Crippen LogP contribution in [-0.2, 0) is 23.9 Å². The summed E-state index contributed by atoms with van der Waals surface area (Å²) in [4.78, 5) is 64.8. The predicted octanol–water partition coefficient (Wildman–Crippen LogP) is 3.44. The van der Waals surface area contributed by atoms with Crippen molar-refractivity contribution in [3.8, 4) is 0 Å². The van der Waals surface area contributed by atoms with Crippen LogP contribution in [0, 0.1) is 28.6 Å². The van der Waals surface area contributed by atoms with E-state index in [1.54, 1.807) is 29.3 Å². The molecule has 4 amide bonds. The highest BCUT2D eigenvalue weighted by Crippen LogP contribution is 2.54. The first-order chi connectivity index (χ1) is 22.7. The van der Waals surface area contributed by atoms with E-state index in [0.717, 1.165) is 6.42 Å². The average Bonchev–Trinajstić information content (AvgIpc) is 3.41. The number of ether oxygens (including phenoxy) is 2. The number of likely N-dealkylation sites (tertiary alicyclic amines) is 3. The van der Waals surface area contributed by atoms with Crippen molar-refractivity contribution in [3.63, 3.8) is 0 Å². The SMILES string of the molecule is COC1CCN(C(=O)[C@@H](NC(=O)[C@@H]2CN(C(=O)c3cncs3)CC23CN(C(=O)[C@H]2CC2(C)C)C3)[C@@H](C)OCC2CCC(F)(F)CC2)CC1. The number of thiazole rings is 1. The standard InChI is InChI=1S/C34H49F2N5O6S/c1-21(47-16-22-5-9-34(35,36)10-6-22)27(31(45)39-11-7-23(46-4)8-12-39)38-28(42)25-15-40(30(44)26-14-37-20-48-26)17-33(25)18-41(19-33)29(43)24-13-32(24,2)3/h14,20-25,27H,5-13,15-19H2,1-4H3,(H,38,42)/t21-,24-,25+,27+/m1/s1. The summed E-state index contributed by atoms with van der Waals surface area (Å²) in [7, 11) is 1.66. The van der Waals surface area contributed by atoms with Gasteiger partial charge in [-0.05, 0) is 50.4 Å². The number of nitrogens with zero attached hydrogens (tertiary/aromatic N) is 4. The molecule has 266 valence electrons. The summed E-state index contributed by atoms with van der Waals surface area (Å²) in [6, 6.07) is -1.00. The van der Waals surface area contributed by atoms with E-state index in [1.165, 1.54) is 17.5 Å². The summed E-state index contributed by atoms with van der Waals surface area (Å²) in [5.41, 5.74) is 0.928. The van der Waals surface area contributed by atoms with E-state index in [2.05, 4.69) is 24.1 Å². The molecule has 3 saturated heterocycles. The molecule has 3 aliphatic heterocycles. The zero-order chi connectivity index (χ0) is 34.4. The first-order valence-electron chi connectivity index (χ1n) is 17.3. The highest BCUT2D eigenvalue weighted by Gasteiger charge is 2.62. The Labute approximate surface area is 285 Å². The smallest absolute Gasteiger partial charge is 0.265 e. The molecule has 1 spiro atoms. The van der Waals surface area contributed by atoms with Crippen molar-refractivity contribution >= 4 is 35.0 Å². The lowest BCUT2D eigenvalue weighted by Gasteiger charge is -2.50. The Morgan fingerprint density at radius 3 is 2.25 bits per heavy atom. The normalized spacial score (nSPS) is 27.8. The zero-order valence-electron chi connectivity index (χ0n) is 28.4. The molecule has 0 bridgehead atoms. The maximum Gasteiger partial charge on any atom is 0.265 e. The Kier molecular flexibility index (Phi) is 9.91. The van der Waals surface area contributed by atoms with Crippen molar-refractivity contribution in [2.24, 2.45) is 28.6 Å². The van der Waals surface area contributed by atoms with Crippen molar-refractivity contribution < 1.29 is 37.4 Å². The number of carbonyl (C=O) groups excluding carboxylic acids is 4. The van der Waals surface area contributed by atoms with E-state index in [1.807, 2.05) is 4.90 Å². The zero-order valence-corrected chi connectivity index (χ0v) is 29.2. The molecule has 5 aliphatic rings. The van der Waals surface area contributed by atoms with Crippen LogP contribution in [0.5, 0.6) is 0 Å². The van der Waals surface area contributed by atoms with Gasteiger partial charge in [0, 0.05) is 77.2 Å². The fourth-order valence-corrected chi connectivity index (χ4v) is 8.64. The van der Waals surface area contributed by atoms with E-state index in [-0.39, 0.29) is 73.0 Å². The van der Waals surface area contributed by atoms with Crippen LogP contribution < -0.4 is 5.32 Å². The summed E-state index contributed by atoms with van der Waals surface area (Å²) < 4.78 is 39.2. The van der Waals surface area contributed by atoms with Crippen LogP contribution in [0.3, 0.4) is 0 Å². The molecule has 4 heterocycles. The van der Waals surface area contributed by atoms with Gasteiger partial charge in [0.2, 0.25) is 23.6 Å². The number of alkyl halides is 2. The minimum absolute atomic E-state index is 0.0274. The van der Waals surface area contributed by atoms with Crippen molar-refractivity contribution in [2.45, 2.75) is 89.9 Å². The molecule has 0 unspecified atom stereocenters. The highest BCUT2D eigenvalue weighted by molar-refractivity contribution is 7.11. The number of methoxy groups -OCH3 is 1. The van der Waals surface area contributed by atoms with Gasteiger partial charge in [-0.2, -0.15) is 0 Å². The molecule has 4 atom stereocenters. The summed E-state index contributed by atoms with van der Waals surface area (Å²) in [5.74, 6) is -4.10. The largest absolute Gasteiger partial charge is 0.381 e. The Balaban J connectivity index is 1.18. The number of amides is 4. The van der Waals surface area contributed by atoms with Crippen molar-refractivity contribution in [2.75, 3.05) is 53.0 Å². The topological polar surface area (TPSA) is 121 Å². The summed E-state index contributed by atoms with van der Waals surface area (Å²) in [6.07, 6.45) is 3.39. The maximum absolute atomic E-state index is 14.3. The van der Waals surface area contributed by atoms with Crippen LogP contribution in [0.25, 0.3) is 0 Å². The number of hydrogen-bond acceptors (Lipinski definition) is 8. The summed E-state index contributed by atoms with van der Waals surface area (Å²) in [6.45, 7) is 8.29. The monoisotopic (exact) mass is 693 g/mol. The van der Waals surface area contributed by atoms with Crippen molar-refractivity contribution in [3.05, 3.63) is 16.6 Å². The third-order valence-electron chi connectivity index (χ3n) is 11.6. The van der Waals surface area contributed by atoms with E-state index in [4.69, 9.17) is 9.47 Å². The van der Waals surface area contributed by atoms with Gasteiger partial charge in [0.15, 0.2) is 0 Å². The molecular weight excluding hydrogens is 644 g/mol. The molecule has 1 aromatic rings. The van der Waals surface area contributed by atoms with Crippen molar-refractivity contribution in [1.29, 1.82) is 0 Å². The Morgan fingerprint density at radius 1 is 1.02 bits per heavy atom. The van der Waals surface area contributed by atoms with Crippen LogP contribution >= 0.6 is 11.3 Å². The second-order valence-corrected chi connectivity index (χ2v) is 16.4. The Bertz CT molecular complexity index is 1350. The quantitative estimate of drug-likeness (QED) is 0.399. The molecule has 1 aromatic heterocycles. The average molecular weight is 694 g/mol. The van der Waals surface area contributed by atoms with Crippen LogP contribution in [0.4, 0.5) is 8.78 Å². The molecule has 48 heavy (non-hydrogen) atoms. The highest BCUT2D eigenvalue weighted by atomic mass is 32.1. The fourth-order valence-electron chi connectivity index (χ4n) is 8.05. The first-order valence-corrected chi connectivity index (χ1v) is 18.2. The van der Waals surface area contributed by atoms with Gasteiger partial charge in [-0.1, -0.05) is 13.8 Å². The molecule has 2 aliphatic carbocycles. The second kappa shape index (κ2) is 13.5. The number of piperidine rings is 1. The maximum atomic E-state index is 14.3. The molecule has 0 aromatic carbocycles. The van der Waals surface area contributed by atoms with E-state index in [0.29, 0.717) is 63.3 Å². The minimum atomic E-state index is -2.65. The number of aromatic nitrogens is 1. The number of hydrogen-bond donors (Lipinski definition) is 1. The number of nitrogens with one attached hydrogen (secondary N) is 1. The Morgan fingerprint density at radius 2 is 1.67 bits per heavy atom. The van der Waals surface area contributed by atoms with Crippen LogP contribution in [0.2, 0.25) is 0 Å². The lowest BCUT2D eigenvalue weighted by molar-refractivity contribution is -0.153. The third kappa shape index (κ3) is 7.26. The van der Waals surface area contributed by atoms with Crippen molar-refractivity contribution in [1.82, 2.24) is 25.0 Å².